The number of ether oxygens (including phenoxy) is 1. The molecular formula is C18H19NO4. The first-order valence-corrected chi connectivity index (χ1v) is 7.38. The van der Waals surface area contributed by atoms with Crippen molar-refractivity contribution >= 4 is 17.6 Å². The zero-order valence-electron chi connectivity index (χ0n) is 12.9. The molecule has 23 heavy (non-hydrogen) atoms. The Morgan fingerprint density at radius 3 is 2.48 bits per heavy atom. The Hall–Kier alpha value is -2.82. The highest BCUT2D eigenvalue weighted by molar-refractivity contribution is 6.00. The Balaban J connectivity index is 1.77. The zero-order valence-corrected chi connectivity index (χ0v) is 12.9. The maximum Gasteiger partial charge on any atom is 0.337 e. The third-order valence-electron chi connectivity index (χ3n) is 3.27. The lowest BCUT2D eigenvalue weighted by Gasteiger charge is -2.09. The maximum absolute atomic E-state index is 11.9. The van der Waals surface area contributed by atoms with Gasteiger partial charge in [-0.3, -0.25) is 4.79 Å². The summed E-state index contributed by atoms with van der Waals surface area (Å²) >= 11 is 0. The fourth-order valence-electron chi connectivity index (χ4n) is 2.05. The molecule has 120 valence electrons. The largest absolute Gasteiger partial charge is 0.494 e. The molecule has 0 aliphatic carbocycles. The summed E-state index contributed by atoms with van der Waals surface area (Å²) in [6.07, 6.45) is 0.814. The molecular weight excluding hydrogens is 294 g/mol. The number of benzene rings is 2. The monoisotopic (exact) mass is 313 g/mol. The first-order chi connectivity index (χ1) is 11.1. The Bertz CT molecular complexity index is 680. The highest BCUT2D eigenvalue weighted by Gasteiger charge is 2.11. The van der Waals surface area contributed by atoms with Crippen molar-refractivity contribution in [2.24, 2.45) is 0 Å². The van der Waals surface area contributed by atoms with Crippen LogP contribution in [0.2, 0.25) is 0 Å². The molecule has 5 nitrogen and oxygen atoms in total. The van der Waals surface area contributed by atoms with Crippen molar-refractivity contribution in [3.05, 3.63) is 59.7 Å². The van der Waals surface area contributed by atoms with Gasteiger partial charge in [-0.1, -0.05) is 29.8 Å². The molecule has 0 heterocycles. The molecule has 0 unspecified atom stereocenters. The average molecular weight is 313 g/mol. The number of aryl methyl sites for hydroxylation is 1. The molecule has 1 amide bonds. The van der Waals surface area contributed by atoms with Gasteiger partial charge in [0.05, 0.1) is 17.9 Å². The molecule has 0 aliphatic heterocycles. The van der Waals surface area contributed by atoms with Crippen molar-refractivity contribution in [1.29, 1.82) is 0 Å². The Labute approximate surface area is 134 Å². The number of nitrogens with one attached hydrogen (secondary N) is 1. The molecule has 0 saturated carbocycles. The average Bonchev–Trinajstić information content (AvgIpc) is 2.53. The minimum Gasteiger partial charge on any atom is -0.494 e. The van der Waals surface area contributed by atoms with Crippen LogP contribution in [0.4, 0.5) is 5.69 Å². The molecule has 5 heteroatoms. The van der Waals surface area contributed by atoms with Crippen molar-refractivity contribution in [2.75, 3.05) is 11.9 Å². The Morgan fingerprint density at radius 1 is 1.09 bits per heavy atom. The number of carboxylic acids is 1. The molecule has 0 saturated heterocycles. The number of carboxylic acid groups (broad SMARTS) is 1. The predicted molar refractivity (Wildman–Crippen MR) is 87.9 cm³/mol. The molecule has 0 fully saturated rings. The van der Waals surface area contributed by atoms with Crippen LogP contribution in [0.25, 0.3) is 0 Å². The summed E-state index contributed by atoms with van der Waals surface area (Å²) in [5, 5.41) is 11.7. The van der Waals surface area contributed by atoms with E-state index < -0.39 is 5.97 Å². The fourth-order valence-corrected chi connectivity index (χ4v) is 2.05. The van der Waals surface area contributed by atoms with E-state index in [2.05, 4.69) is 5.32 Å². The summed E-state index contributed by atoms with van der Waals surface area (Å²) in [5.74, 6) is -0.526. The normalized spacial score (nSPS) is 10.1. The van der Waals surface area contributed by atoms with Gasteiger partial charge in [-0.05, 0) is 37.6 Å². The predicted octanol–water partition coefficient (Wildman–Crippen LogP) is 3.49. The van der Waals surface area contributed by atoms with Crippen LogP contribution in [0.15, 0.2) is 48.5 Å². The Morgan fingerprint density at radius 2 is 1.78 bits per heavy atom. The van der Waals surface area contributed by atoms with Gasteiger partial charge in [0.15, 0.2) is 0 Å². The summed E-state index contributed by atoms with van der Waals surface area (Å²) in [4.78, 5) is 23.0. The minimum atomic E-state index is -1.07. The molecule has 2 rings (SSSR count). The molecule has 0 aromatic heterocycles. The number of aromatic carboxylic acids is 1. The molecule has 0 bridgehead atoms. The van der Waals surface area contributed by atoms with Crippen molar-refractivity contribution < 1.29 is 19.4 Å². The van der Waals surface area contributed by atoms with Gasteiger partial charge in [-0.15, -0.1) is 0 Å². The smallest absolute Gasteiger partial charge is 0.337 e. The first kappa shape index (κ1) is 16.5. The second-order valence-corrected chi connectivity index (χ2v) is 5.16. The summed E-state index contributed by atoms with van der Waals surface area (Å²) in [7, 11) is 0. The third-order valence-corrected chi connectivity index (χ3v) is 3.27. The number of carbonyl (C=O) groups excluding carboxylic acids is 1. The van der Waals surface area contributed by atoms with E-state index >= 15 is 0 Å². The maximum atomic E-state index is 11.9. The summed E-state index contributed by atoms with van der Waals surface area (Å²) in [6.45, 7) is 2.43. The minimum absolute atomic E-state index is 0.0803. The highest BCUT2D eigenvalue weighted by atomic mass is 16.5. The van der Waals surface area contributed by atoms with Crippen molar-refractivity contribution in [2.45, 2.75) is 19.8 Å². The molecule has 0 aliphatic rings. The molecule has 0 radical (unpaired) electrons. The summed E-state index contributed by atoms with van der Waals surface area (Å²) in [6, 6.07) is 14.0. The number of amides is 1. The van der Waals surface area contributed by atoms with Crippen LogP contribution in [0.5, 0.6) is 5.75 Å². The van der Waals surface area contributed by atoms with E-state index in [4.69, 9.17) is 9.84 Å². The topological polar surface area (TPSA) is 75.6 Å². The van der Waals surface area contributed by atoms with Crippen molar-refractivity contribution in [1.82, 2.24) is 0 Å². The van der Waals surface area contributed by atoms with Crippen LogP contribution in [-0.2, 0) is 4.79 Å². The SMILES string of the molecule is Cc1ccc(OCCCC(=O)Nc2ccccc2C(=O)O)cc1. The Kier molecular flexibility index (Phi) is 5.74. The number of rotatable bonds is 7. The standard InChI is InChI=1S/C18H19NO4/c1-13-8-10-14(11-9-13)23-12-4-7-17(20)19-16-6-3-2-5-15(16)18(21)22/h2-3,5-6,8-11H,4,7,12H2,1H3,(H,19,20)(H,21,22). The second-order valence-electron chi connectivity index (χ2n) is 5.16. The van der Waals surface area contributed by atoms with Gasteiger partial charge in [0.1, 0.15) is 5.75 Å². The van der Waals surface area contributed by atoms with Crippen molar-refractivity contribution in [3.63, 3.8) is 0 Å². The molecule has 0 spiro atoms. The summed E-state index contributed by atoms with van der Waals surface area (Å²) < 4.78 is 5.55. The molecule has 0 atom stereocenters. The summed E-state index contributed by atoms with van der Waals surface area (Å²) in [5.41, 5.74) is 1.55. The van der Waals surface area contributed by atoms with Crippen LogP contribution in [-0.4, -0.2) is 23.6 Å². The van der Waals surface area contributed by atoms with Crippen molar-refractivity contribution in [3.8, 4) is 5.75 Å². The van der Waals surface area contributed by atoms with Crippen LogP contribution in [0, 0.1) is 6.92 Å². The van der Waals surface area contributed by atoms with E-state index in [0.29, 0.717) is 18.7 Å². The van der Waals surface area contributed by atoms with Crippen LogP contribution in [0.1, 0.15) is 28.8 Å². The number of hydrogen-bond acceptors (Lipinski definition) is 3. The van der Waals surface area contributed by atoms with Crippen LogP contribution in [0.3, 0.4) is 0 Å². The fraction of sp³-hybridized carbons (Fsp3) is 0.222. The number of hydrogen-bond donors (Lipinski definition) is 2. The van der Waals surface area contributed by atoms with E-state index in [9.17, 15) is 9.59 Å². The number of carbonyl (C=O) groups is 2. The van der Waals surface area contributed by atoms with E-state index in [1.807, 2.05) is 31.2 Å². The van der Waals surface area contributed by atoms with Crippen LogP contribution < -0.4 is 10.1 Å². The number of anilines is 1. The van der Waals surface area contributed by atoms with Gasteiger partial charge >= 0.3 is 5.97 Å². The quantitative estimate of drug-likeness (QED) is 0.767. The number of para-hydroxylation sites is 1. The lowest BCUT2D eigenvalue weighted by molar-refractivity contribution is -0.116. The van der Waals surface area contributed by atoms with E-state index in [1.54, 1.807) is 18.2 Å². The van der Waals surface area contributed by atoms with Gasteiger partial charge in [0.2, 0.25) is 5.91 Å². The zero-order chi connectivity index (χ0) is 16.7. The first-order valence-electron chi connectivity index (χ1n) is 7.38. The van der Waals surface area contributed by atoms with Gasteiger partial charge in [0, 0.05) is 6.42 Å². The highest BCUT2D eigenvalue weighted by Crippen LogP contribution is 2.16. The van der Waals surface area contributed by atoms with Gasteiger partial charge in [-0.2, -0.15) is 0 Å². The van der Waals surface area contributed by atoms with Gasteiger partial charge < -0.3 is 15.2 Å². The van der Waals surface area contributed by atoms with Gasteiger partial charge in [0.25, 0.3) is 0 Å². The lowest BCUT2D eigenvalue weighted by Crippen LogP contribution is -2.15. The van der Waals surface area contributed by atoms with E-state index in [1.165, 1.54) is 6.07 Å². The lowest BCUT2D eigenvalue weighted by atomic mass is 10.1. The van der Waals surface area contributed by atoms with E-state index in [-0.39, 0.29) is 17.9 Å². The molecule has 2 N–H and O–H groups in total. The molecule has 2 aromatic rings. The molecule has 2 aromatic carbocycles. The third kappa shape index (κ3) is 5.14. The second kappa shape index (κ2) is 7.98. The van der Waals surface area contributed by atoms with Crippen LogP contribution >= 0.6 is 0 Å². The van der Waals surface area contributed by atoms with Gasteiger partial charge in [-0.25, -0.2) is 4.79 Å². The van der Waals surface area contributed by atoms with E-state index in [0.717, 1.165) is 11.3 Å².